The molecule has 5 rings (SSSR count). The average molecular weight is 592 g/mol. The standard InChI is InChI=1S/C32H38N4O5S/c1-36(2,3)24-11-13-35(14-12-24)30(39)25-15-21(9-10-27(25)41-4)26-20-42-28(34-26)19-33-31(40)32(18-29(37)38)16-22-7-5-6-8-23(22)17-32/h5-10,15,20,24H,11-14,16-19H2,1-4H3,(H-,33,37,38,40)/p+1. The third kappa shape index (κ3) is 6.19. The second-order valence-electron chi connectivity index (χ2n) is 12.3. The predicted octanol–water partition coefficient (Wildman–Crippen LogP) is 4.01. The van der Waals surface area contributed by atoms with Gasteiger partial charge in [-0.05, 0) is 42.2 Å². The first kappa shape index (κ1) is 29.7. The molecule has 2 aliphatic rings. The summed E-state index contributed by atoms with van der Waals surface area (Å²) in [4.78, 5) is 45.3. The number of carboxylic acid groups (broad SMARTS) is 1. The number of likely N-dealkylation sites (tertiary alicyclic amines) is 1. The Hall–Kier alpha value is -3.76. The molecule has 0 unspecified atom stereocenters. The Kier molecular flexibility index (Phi) is 8.39. The van der Waals surface area contributed by atoms with Gasteiger partial charge in [-0.15, -0.1) is 11.3 Å². The molecule has 3 aromatic rings. The minimum Gasteiger partial charge on any atom is -0.496 e. The first-order valence-electron chi connectivity index (χ1n) is 14.3. The molecule has 1 aromatic heterocycles. The van der Waals surface area contributed by atoms with Crippen LogP contribution in [0.4, 0.5) is 0 Å². The molecule has 10 heteroatoms. The quantitative estimate of drug-likeness (QED) is 0.364. The van der Waals surface area contributed by atoms with Crippen molar-refractivity contribution >= 4 is 29.1 Å². The number of hydrogen-bond donors (Lipinski definition) is 2. The molecule has 0 bridgehead atoms. The van der Waals surface area contributed by atoms with Crippen LogP contribution in [-0.4, -0.2) is 84.6 Å². The van der Waals surface area contributed by atoms with E-state index in [9.17, 15) is 19.5 Å². The van der Waals surface area contributed by atoms with Gasteiger partial charge in [-0.1, -0.05) is 24.3 Å². The van der Waals surface area contributed by atoms with Crippen LogP contribution in [0.1, 0.15) is 45.8 Å². The van der Waals surface area contributed by atoms with E-state index in [1.165, 1.54) is 11.3 Å². The van der Waals surface area contributed by atoms with E-state index in [2.05, 4.69) is 26.5 Å². The molecule has 1 saturated heterocycles. The lowest BCUT2D eigenvalue weighted by molar-refractivity contribution is -0.897. The van der Waals surface area contributed by atoms with Crippen LogP contribution in [0.5, 0.6) is 5.75 Å². The van der Waals surface area contributed by atoms with Crippen molar-refractivity contribution in [3.8, 4) is 17.0 Å². The van der Waals surface area contributed by atoms with Gasteiger partial charge in [-0.3, -0.25) is 14.4 Å². The van der Waals surface area contributed by atoms with Gasteiger partial charge in [-0.25, -0.2) is 4.98 Å². The van der Waals surface area contributed by atoms with Crippen molar-refractivity contribution in [2.45, 2.75) is 44.7 Å². The molecule has 0 radical (unpaired) electrons. The monoisotopic (exact) mass is 591 g/mol. The summed E-state index contributed by atoms with van der Waals surface area (Å²) in [5.41, 5.74) is 3.04. The van der Waals surface area contributed by atoms with Crippen LogP contribution in [0.25, 0.3) is 11.3 Å². The number of fused-ring (bicyclic) bond motifs is 1. The number of quaternary nitrogens is 1. The van der Waals surface area contributed by atoms with E-state index in [4.69, 9.17) is 9.72 Å². The number of nitrogens with zero attached hydrogens (tertiary/aromatic N) is 3. The highest BCUT2D eigenvalue weighted by Crippen LogP contribution is 2.40. The number of hydrogen-bond acceptors (Lipinski definition) is 6. The zero-order valence-electron chi connectivity index (χ0n) is 24.7. The van der Waals surface area contributed by atoms with Crippen LogP contribution in [0.3, 0.4) is 0 Å². The van der Waals surface area contributed by atoms with E-state index in [0.29, 0.717) is 54.0 Å². The SMILES string of the molecule is COc1ccc(-c2csc(CNC(=O)C3(CC(=O)O)Cc4ccccc4C3)n2)cc1C(=O)N1CCC([N+](C)(C)C)CC1. The number of carbonyl (C=O) groups excluding carboxylic acids is 2. The number of carbonyl (C=O) groups is 3. The maximum atomic E-state index is 13.5. The number of thiazole rings is 1. The Labute approximate surface area is 250 Å². The Bertz CT molecular complexity index is 1460. The molecule has 222 valence electrons. The third-order valence-electron chi connectivity index (χ3n) is 8.67. The lowest BCUT2D eigenvalue weighted by Crippen LogP contribution is -2.52. The Morgan fingerprint density at radius 1 is 1.10 bits per heavy atom. The summed E-state index contributed by atoms with van der Waals surface area (Å²) >= 11 is 1.41. The molecule has 0 saturated carbocycles. The number of rotatable bonds is 9. The predicted molar refractivity (Wildman–Crippen MR) is 161 cm³/mol. The van der Waals surface area contributed by atoms with E-state index >= 15 is 0 Å². The lowest BCUT2D eigenvalue weighted by Gasteiger charge is -2.40. The van der Waals surface area contributed by atoms with Gasteiger partial charge in [0.05, 0.1) is 63.9 Å². The highest BCUT2D eigenvalue weighted by atomic mass is 32.1. The van der Waals surface area contributed by atoms with Crippen LogP contribution >= 0.6 is 11.3 Å². The summed E-state index contributed by atoms with van der Waals surface area (Å²) in [6.45, 7) is 1.62. The van der Waals surface area contributed by atoms with Crippen molar-refractivity contribution in [2.75, 3.05) is 41.3 Å². The fourth-order valence-corrected chi connectivity index (χ4v) is 7.01. The van der Waals surface area contributed by atoms with Crippen molar-refractivity contribution in [3.05, 3.63) is 69.5 Å². The number of aromatic nitrogens is 1. The molecule has 0 spiro atoms. The largest absolute Gasteiger partial charge is 0.496 e. The number of amides is 2. The van der Waals surface area contributed by atoms with Gasteiger partial charge >= 0.3 is 5.97 Å². The van der Waals surface area contributed by atoms with E-state index in [0.717, 1.165) is 34.0 Å². The molecule has 2 N–H and O–H groups in total. The maximum absolute atomic E-state index is 13.5. The zero-order chi connectivity index (χ0) is 30.1. The van der Waals surface area contributed by atoms with Gasteiger partial charge in [0.15, 0.2) is 0 Å². The van der Waals surface area contributed by atoms with Gasteiger partial charge in [-0.2, -0.15) is 0 Å². The minimum absolute atomic E-state index is 0.0439. The molecule has 9 nitrogen and oxygen atoms in total. The second kappa shape index (κ2) is 11.9. The fraction of sp³-hybridized carbons (Fsp3) is 0.438. The molecular weight excluding hydrogens is 552 g/mol. The van der Waals surface area contributed by atoms with Gasteiger partial charge in [0, 0.05) is 36.9 Å². The molecule has 0 atom stereocenters. The summed E-state index contributed by atoms with van der Waals surface area (Å²) in [7, 11) is 8.16. The van der Waals surface area contributed by atoms with Crippen LogP contribution in [0.15, 0.2) is 47.8 Å². The van der Waals surface area contributed by atoms with Crippen molar-refractivity contribution < 1.29 is 28.7 Å². The molecule has 1 aliphatic carbocycles. The number of ether oxygens (including phenoxy) is 1. The van der Waals surface area contributed by atoms with Crippen molar-refractivity contribution in [1.82, 2.24) is 15.2 Å². The molecule has 2 amide bonds. The molecule has 42 heavy (non-hydrogen) atoms. The highest BCUT2D eigenvalue weighted by molar-refractivity contribution is 7.09. The number of methoxy groups -OCH3 is 1. The van der Waals surface area contributed by atoms with Crippen LogP contribution in [0.2, 0.25) is 0 Å². The van der Waals surface area contributed by atoms with Crippen LogP contribution in [0, 0.1) is 5.41 Å². The Balaban J connectivity index is 1.27. The zero-order valence-corrected chi connectivity index (χ0v) is 25.5. The molecule has 2 heterocycles. The van der Waals surface area contributed by atoms with Crippen LogP contribution in [-0.2, 0) is 29.0 Å². The number of benzene rings is 2. The van der Waals surface area contributed by atoms with Crippen molar-refractivity contribution in [1.29, 1.82) is 0 Å². The first-order valence-corrected chi connectivity index (χ1v) is 15.2. The van der Waals surface area contributed by atoms with Gasteiger partial charge < -0.3 is 24.5 Å². The van der Waals surface area contributed by atoms with Gasteiger partial charge in [0.25, 0.3) is 5.91 Å². The third-order valence-corrected chi connectivity index (χ3v) is 9.52. The highest BCUT2D eigenvalue weighted by Gasteiger charge is 2.45. The number of nitrogens with one attached hydrogen (secondary N) is 1. The first-order chi connectivity index (χ1) is 20.0. The summed E-state index contributed by atoms with van der Waals surface area (Å²) < 4.78 is 6.44. The minimum atomic E-state index is -1.01. The topological polar surface area (TPSA) is 109 Å². The smallest absolute Gasteiger partial charge is 0.304 e. The van der Waals surface area contributed by atoms with Crippen molar-refractivity contribution in [3.63, 3.8) is 0 Å². The summed E-state index contributed by atoms with van der Waals surface area (Å²) in [6.07, 6.45) is 2.49. The van der Waals surface area contributed by atoms with E-state index in [-0.39, 0.29) is 24.8 Å². The fourth-order valence-electron chi connectivity index (χ4n) is 6.27. The van der Waals surface area contributed by atoms with Crippen molar-refractivity contribution in [2.24, 2.45) is 5.41 Å². The van der Waals surface area contributed by atoms with Gasteiger partial charge in [0.2, 0.25) is 5.91 Å². The lowest BCUT2D eigenvalue weighted by atomic mass is 9.80. The Morgan fingerprint density at radius 3 is 2.36 bits per heavy atom. The van der Waals surface area contributed by atoms with E-state index in [1.54, 1.807) is 13.2 Å². The van der Waals surface area contributed by atoms with Crippen LogP contribution < -0.4 is 10.1 Å². The maximum Gasteiger partial charge on any atom is 0.304 e. The molecular formula is C32H39N4O5S+. The molecule has 2 aromatic carbocycles. The van der Waals surface area contributed by atoms with E-state index in [1.807, 2.05) is 46.7 Å². The summed E-state index contributed by atoms with van der Waals surface area (Å²) in [6, 6.07) is 13.8. The molecule has 1 fully saturated rings. The summed E-state index contributed by atoms with van der Waals surface area (Å²) in [5, 5.41) is 15.1. The Morgan fingerprint density at radius 2 is 1.76 bits per heavy atom. The van der Waals surface area contributed by atoms with Gasteiger partial charge in [0.1, 0.15) is 10.8 Å². The number of aliphatic carboxylic acids is 1. The summed E-state index contributed by atoms with van der Waals surface area (Å²) in [5.74, 6) is -0.777. The normalized spacial score (nSPS) is 16.6. The average Bonchev–Trinajstić information content (AvgIpc) is 3.59. The number of piperidine rings is 1. The second-order valence-corrected chi connectivity index (χ2v) is 13.3. The molecule has 1 aliphatic heterocycles. The van der Waals surface area contributed by atoms with E-state index < -0.39 is 11.4 Å². The number of carboxylic acids is 1.